The van der Waals surface area contributed by atoms with Crippen molar-refractivity contribution in [1.82, 2.24) is 9.80 Å². The summed E-state index contributed by atoms with van der Waals surface area (Å²) in [5.74, 6) is 0.329. The molecule has 1 heterocycles. The zero-order chi connectivity index (χ0) is 20.5. The molecule has 2 aliphatic rings. The lowest BCUT2D eigenvalue weighted by molar-refractivity contribution is -0.132. The van der Waals surface area contributed by atoms with E-state index in [4.69, 9.17) is 10.5 Å². The normalized spacial score (nSPS) is 24.4. The minimum atomic E-state index is -0.974. The van der Waals surface area contributed by atoms with Crippen LogP contribution in [0.1, 0.15) is 24.3 Å². The summed E-state index contributed by atoms with van der Waals surface area (Å²) < 4.78 is 5.95. The van der Waals surface area contributed by atoms with Crippen LogP contribution >= 0.6 is 0 Å². The molecule has 1 aliphatic carbocycles. The number of ether oxygens (including phenoxy) is 1. The Balaban J connectivity index is 1.40. The molecule has 0 aromatic heterocycles. The van der Waals surface area contributed by atoms with E-state index in [9.17, 15) is 10.1 Å². The van der Waals surface area contributed by atoms with Crippen LogP contribution in [0, 0.1) is 11.3 Å². The highest BCUT2D eigenvalue weighted by Gasteiger charge is 2.28. The molecule has 29 heavy (non-hydrogen) atoms. The quantitative estimate of drug-likeness (QED) is 0.539. The number of hydrogen-bond acceptors (Lipinski definition) is 5. The summed E-state index contributed by atoms with van der Waals surface area (Å²) in [6.07, 6.45) is 9.09. The number of nitrogens with two attached hydrogens (primary N) is 1. The molecule has 6 heteroatoms. The lowest BCUT2D eigenvalue weighted by atomic mass is 9.89. The van der Waals surface area contributed by atoms with Gasteiger partial charge in [0.05, 0.1) is 6.61 Å². The standard InChI is InChI=1S/C23H30N4O2/c24-12-9-22(28)27-16-14-26(15-17-27)13-4-18-29-23(19-25)10-7-21(8-11-23)20-5-2-1-3-6-20/h1-3,5-8,10-11,21H,4,9,12-18,24H2. The summed E-state index contributed by atoms with van der Waals surface area (Å²) in [6, 6.07) is 12.5. The lowest BCUT2D eigenvalue weighted by Crippen LogP contribution is -2.49. The monoisotopic (exact) mass is 394 g/mol. The maximum absolute atomic E-state index is 11.9. The van der Waals surface area contributed by atoms with Crippen molar-refractivity contribution in [3.8, 4) is 6.07 Å². The Morgan fingerprint density at radius 2 is 1.86 bits per heavy atom. The van der Waals surface area contributed by atoms with Crippen LogP contribution in [0.5, 0.6) is 0 Å². The Labute approximate surface area is 173 Å². The van der Waals surface area contributed by atoms with Gasteiger partial charge in [-0.25, -0.2) is 0 Å². The van der Waals surface area contributed by atoms with E-state index in [2.05, 4.69) is 23.1 Å². The number of nitriles is 1. The molecule has 1 amide bonds. The van der Waals surface area contributed by atoms with E-state index in [0.29, 0.717) is 19.6 Å². The van der Waals surface area contributed by atoms with E-state index < -0.39 is 5.60 Å². The molecule has 2 N–H and O–H groups in total. The fraction of sp³-hybridized carbons (Fsp3) is 0.478. The Kier molecular flexibility index (Phi) is 7.59. The predicted octanol–water partition coefficient (Wildman–Crippen LogP) is 2.06. The van der Waals surface area contributed by atoms with Crippen LogP contribution in [0.2, 0.25) is 0 Å². The van der Waals surface area contributed by atoms with Crippen LogP contribution in [-0.2, 0) is 9.53 Å². The Morgan fingerprint density at radius 3 is 2.48 bits per heavy atom. The highest BCUT2D eigenvalue weighted by Crippen LogP contribution is 2.28. The van der Waals surface area contributed by atoms with Crippen molar-refractivity contribution < 1.29 is 9.53 Å². The topological polar surface area (TPSA) is 82.6 Å². The van der Waals surface area contributed by atoms with Crippen molar-refractivity contribution in [3.63, 3.8) is 0 Å². The zero-order valence-corrected chi connectivity index (χ0v) is 16.9. The van der Waals surface area contributed by atoms with Crippen molar-refractivity contribution in [3.05, 3.63) is 60.2 Å². The van der Waals surface area contributed by atoms with Gasteiger partial charge < -0.3 is 15.4 Å². The number of nitrogens with zero attached hydrogens (tertiary/aromatic N) is 3. The first-order valence-corrected chi connectivity index (χ1v) is 10.3. The molecule has 0 radical (unpaired) electrons. The molecule has 0 saturated carbocycles. The third kappa shape index (κ3) is 5.77. The molecule has 1 saturated heterocycles. The van der Waals surface area contributed by atoms with Crippen LogP contribution < -0.4 is 5.73 Å². The number of amides is 1. The van der Waals surface area contributed by atoms with E-state index in [0.717, 1.165) is 39.1 Å². The summed E-state index contributed by atoms with van der Waals surface area (Å²) in [6.45, 7) is 5.09. The summed E-state index contributed by atoms with van der Waals surface area (Å²) in [5, 5.41) is 9.64. The first kappa shape index (κ1) is 21.3. The van der Waals surface area contributed by atoms with Gasteiger partial charge in [0.1, 0.15) is 6.07 Å². The van der Waals surface area contributed by atoms with Crippen LogP contribution in [0.4, 0.5) is 0 Å². The van der Waals surface area contributed by atoms with Crippen LogP contribution in [0.25, 0.3) is 0 Å². The van der Waals surface area contributed by atoms with Crippen LogP contribution in [-0.4, -0.2) is 67.2 Å². The molecule has 3 rings (SSSR count). The largest absolute Gasteiger partial charge is 0.353 e. The molecule has 1 fully saturated rings. The number of allylic oxidation sites excluding steroid dienone is 2. The second-order valence-corrected chi connectivity index (χ2v) is 7.52. The van der Waals surface area contributed by atoms with E-state index >= 15 is 0 Å². The molecular weight excluding hydrogens is 364 g/mol. The predicted molar refractivity (Wildman–Crippen MR) is 113 cm³/mol. The van der Waals surface area contributed by atoms with Gasteiger partial charge in [0.25, 0.3) is 0 Å². The van der Waals surface area contributed by atoms with E-state index in [-0.39, 0.29) is 11.8 Å². The summed E-state index contributed by atoms with van der Waals surface area (Å²) in [5.41, 5.74) is 5.69. The highest BCUT2D eigenvalue weighted by molar-refractivity contribution is 5.76. The van der Waals surface area contributed by atoms with E-state index in [1.165, 1.54) is 5.56 Å². The van der Waals surface area contributed by atoms with Crippen molar-refractivity contribution in [1.29, 1.82) is 5.26 Å². The molecule has 0 unspecified atom stereocenters. The summed E-state index contributed by atoms with van der Waals surface area (Å²) in [4.78, 5) is 16.1. The Hall–Kier alpha value is -2.46. The summed E-state index contributed by atoms with van der Waals surface area (Å²) in [7, 11) is 0. The van der Waals surface area contributed by atoms with Gasteiger partial charge >= 0.3 is 0 Å². The highest BCUT2D eigenvalue weighted by atomic mass is 16.5. The zero-order valence-electron chi connectivity index (χ0n) is 16.9. The number of rotatable bonds is 8. The molecule has 1 aromatic carbocycles. The van der Waals surface area contributed by atoms with Gasteiger partial charge in [0.2, 0.25) is 5.91 Å². The third-order valence-corrected chi connectivity index (χ3v) is 5.50. The van der Waals surface area contributed by atoms with Gasteiger partial charge in [-0.15, -0.1) is 0 Å². The molecule has 0 bridgehead atoms. The minimum Gasteiger partial charge on any atom is -0.353 e. The van der Waals surface area contributed by atoms with E-state index in [1.54, 1.807) is 0 Å². The molecule has 1 aliphatic heterocycles. The van der Waals surface area contributed by atoms with Crippen molar-refractivity contribution in [2.45, 2.75) is 24.4 Å². The average Bonchev–Trinajstić information content (AvgIpc) is 2.78. The molecule has 154 valence electrons. The second kappa shape index (κ2) is 10.4. The first-order chi connectivity index (χ1) is 14.2. The van der Waals surface area contributed by atoms with Crippen molar-refractivity contribution in [2.24, 2.45) is 5.73 Å². The van der Waals surface area contributed by atoms with Gasteiger partial charge in [0, 0.05) is 51.6 Å². The van der Waals surface area contributed by atoms with Gasteiger partial charge in [-0.2, -0.15) is 5.26 Å². The fourth-order valence-corrected chi connectivity index (χ4v) is 3.75. The number of carbonyl (C=O) groups is 1. The first-order valence-electron chi connectivity index (χ1n) is 10.3. The smallest absolute Gasteiger partial charge is 0.223 e. The maximum Gasteiger partial charge on any atom is 0.223 e. The second-order valence-electron chi connectivity index (χ2n) is 7.52. The lowest BCUT2D eigenvalue weighted by Gasteiger charge is -2.35. The van der Waals surface area contributed by atoms with Crippen LogP contribution in [0.15, 0.2) is 54.6 Å². The van der Waals surface area contributed by atoms with Gasteiger partial charge in [-0.05, 0) is 24.1 Å². The molecule has 0 atom stereocenters. The Bertz CT molecular complexity index is 747. The van der Waals surface area contributed by atoms with Crippen molar-refractivity contribution in [2.75, 3.05) is 45.9 Å². The Morgan fingerprint density at radius 1 is 1.17 bits per heavy atom. The van der Waals surface area contributed by atoms with Gasteiger partial charge in [-0.3, -0.25) is 9.69 Å². The molecule has 6 nitrogen and oxygen atoms in total. The molecule has 1 aromatic rings. The van der Waals surface area contributed by atoms with Crippen LogP contribution in [0.3, 0.4) is 0 Å². The third-order valence-electron chi connectivity index (χ3n) is 5.50. The fourth-order valence-electron chi connectivity index (χ4n) is 3.75. The van der Waals surface area contributed by atoms with E-state index in [1.807, 2.05) is 47.4 Å². The number of carbonyl (C=O) groups excluding carboxylic acids is 1. The summed E-state index contributed by atoms with van der Waals surface area (Å²) >= 11 is 0. The SMILES string of the molecule is N#CC1(OCCCN2CCN(C(=O)CCN)CC2)C=CC(c2ccccc2)C=C1. The van der Waals surface area contributed by atoms with Gasteiger partial charge in [0.15, 0.2) is 5.60 Å². The van der Waals surface area contributed by atoms with Crippen molar-refractivity contribution >= 4 is 5.91 Å². The number of benzene rings is 1. The maximum atomic E-state index is 11.9. The number of hydrogen-bond donors (Lipinski definition) is 1. The van der Waals surface area contributed by atoms with Gasteiger partial charge in [-0.1, -0.05) is 42.5 Å². The number of piperazine rings is 1. The molecular formula is C23H30N4O2. The molecule has 0 spiro atoms. The minimum absolute atomic E-state index is 0.149. The average molecular weight is 395 g/mol.